The molecule has 29 N–H and O–H groups in total. The molecule has 756 valence electrons. The van der Waals surface area contributed by atoms with Crippen LogP contribution in [0, 0.1) is 88.8 Å². The number of benzene rings is 8. The first-order chi connectivity index (χ1) is 70.1. The number of hydrogen-bond donors (Lipinski definition) is 23. The van der Waals surface area contributed by atoms with Gasteiger partial charge in [0.15, 0.2) is 45.5 Å². The predicted octanol–water partition coefficient (Wildman–Crippen LogP) is 6.78. The zero-order valence-electron chi connectivity index (χ0n) is 79.5. The number of rotatable bonds is 10. The second-order valence-corrected chi connectivity index (χ2v) is 39.1. The molecule has 4 fully saturated rings. The number of aliphatic hydroxyl groups excluding tert-OH is 8. The van der Waals surface area contributed by atoms with E-state index in [1.807, 2.05) is 61.5 Å². The van der Waals surface area contributed by atoms with Gasteiger partial charge in [0.2, 0.25) is 23.1 Å². The number of amides is 4. The Hall–Kier alpha value is -17.4. The maximum absolute atomic E-state index is 13.7. The number of carbonyl (C=O) groups excluding carboxylic acids is 12. The third-order valence-electron chi connectivity index (χ3n) is 30.1. The number of aliphatic hydroxyl groups is 12. The number of hydrogen-bond acceptors (Lipinski definition) is 32. The molecule has 8 aromatic rings. The van der Waals surface area contributed by atoms with Crippen molar-refractivity contribution in [3.63, 3.8) is 0 Å². The number of nitrogens with zero attached hydrogens (tertiary/aromatic N) is 1. The molecule has 0 saturated heterocycles. The molecular weight excluding hydrogens is 1910 g/mol. The van der Waals surface area contributed by atoms with Crippen LogP contribution < -0.4 is 39.7 Å². The minimum absolute atomic E-state index is 0.00577. The van der Waals surface area contributed by atoms with E-state index in [0.29, 0.717) is 74.5 Å². The Morgan fingerprint density at radius 1 is 0.365 bits per heavy atom. The number of phenolic OH excluding ortho intramolecular Hbond substituents is 4. The minimum Gasteiger partial charge on any atom is -0.508 e. The Balaban J connectivity index is 0.000000135. The molecule has 0 radical (unpaired) electrons. The van der Waals surface area contributed by atoms with E-state index in [2.05, 4.69) is 53.0 Å². The van der Waals surface area contributed by atoms with Crippen molar-refractivity contribution in [2.75, 3.05) is 32.1 Å². The lowest BCUT2D eigenvalue weighted by atomic mass is 9.56. The quantitative estimate of drug-likeness (QED) is 0.0381. The SMILES string of the molecule is C[C@@H]1C(=O)C(C(N)=O)=C(O)[C@@]2(O)C(=O)C3=C(O)c4c(O)ccc(C#CCN(C)C)c4C[C@H]3C[C@@H]12.NC(=O)C1=C(O)[C@@]2(O)C(=O)C3=C(O)c4c(O)ccc(-c5ccc(CNCc6ccccc6)cc5)c4C[C@H]3C[C@H]2CC1=O.NC(=O)C1=C(O)[C@@]2(O)C(=O)C3=C(O)c4c(O)ccc(C#Cc5ccc(N)cc5)c4C[C@H]3C[C@H]2CC1=O.NC(=O)C1=C(O)[C@@]2(O)C(=O)C3=C(O)c4c(O)ccc(C#Cc5ccc(N)cc5)c4C[C@H]3C[C@H]2CC1=O. The molecule has 0 aliphatic heterocycles. The molecule has 20 rings (SSSR count). The van der Waals surface area contributed by atoms with Crippen LogP contribution >= 0.6 is 0 Å². The maximum atomic E-state index is 13.7. The molecule has 4 amide bonds. The highest BCUT2D eigenvalue weighted by molar-refractivity contribution is 6.27. The molecule has 36 nitrogen and oxygen atoms in total. The fourth-order valence-electron chi connectivity index (χ4n) is 22.9. The molecule has 0 heterocycles. The van der Waals surface area contributed by atoms with Gasteiger partial charge in [-0.2, -0.15) is 0 Å². The first-order valence-electron chi connectivity index (χ1n) is 47.1. The number of Topliss-reactive ketones (excluding diaryl/α,β-unsaturated/α-hetero) is 8. The summed E-state index contributed by atoms with van der Waals surface area (Å²) in [6.07, 6.45) is 0.0382. The Morgan fingerprint density at radius 3 is 1.04 bits per heavy atom. The summed E-state index contributed by atoms with van der Waals surface area (Å²) < 4.78 is 0. The molecule has 148 heavy (non-hydrogen) atoms. The van der Waals surface area contributed by atoms with E-state index in [9.17, 15) is 139 Å². The molecule has 12 aliphatic carbocycles. The van der Waals surface area contributed by atoms with Gasteiger partial charge in [-0.05, 0) is 225 Å². The van der Waals surface area contributed by atoms with E-state index >= 15 is 0 Å². The summed E-state index contributed by atoms with van der Waals surface area (Å²) in [7, 11) is 3.74. The molecule has 12 aliphatic rings. The largest absolute Gasteiger partial charge is 0.508 e. The molecule has 13 atom stereocenters. The van der Waals surface area contributed by atoms with Crippen LogP contribution in [0.4, 0.5) is 11.4 Å². The highest BCUT2D eigenvalue weighted by atomic mass is 16.4. The molecule has 0 unspecified atom stereocenters. The summed E-state index contributed by atoms with van der Waals surface area (Å²) in [6.45, 7) is 3.37. The molecule has 36 heteroatoms. The summed E-state index contributed by atoms with van der Waals surface area (Å²) in [6, 6.07) is 44.0. The summed E-state index contributed by atoms with van der Waals surface area (Å²) in [5.41, 5.74) is 28.5. The summed E-state index contributed by atoms with van der Waals surface area (Å²) in [5, 5.41) is 178. The van der Waals surface area contributed by atoms with Crippen molar-refractivity contribution in [2.45, 2.75) is 113 Å². The third-order valence-corrected chi connectivity index (χ3v) is 30.1. The number of phenols is 4. The summed E-state index contributed by atoms with van der Waals surface area (Å²) in [5.74, 6) is -8.98. The molecule has 4 saturated carbocycles. The number of nitrogens with one attached hydrogen (secondary N) is 1. The Morgan fingerprint density at radius 2 is 0.682 bits per heavy atom. The fourth-order valence-corrected chi connectivity index (χ4v) is 22.9. The zero-order chi connectivity index (χ0) is 107. The van der Waals surface area contributed by atoms with Crippen LogP contribution in [0.5, 0.6) is 23.0 Å². The molecule has 0 spiro atoms. The Labute approximate surface area is 843 Å². The van der Waals surface area contributed by atoms with Crippen LogP contribution in [-0.4, -0.2) is 200 Å². The number of anilines is 2. The van der Waals surface area contributed by atoms with Crippen LogP contribution in [0.1, 0.15) is 135 Å². The standard InChI is InChI=1S/C33H30N2O7.2C27H22N2O7.C25H26N2O7/c34-32(41)28-25(37)14-21-12-20-13-23-22(19-8-6-18(7-9-19)16-35-15-17-4-2-1-3-5-17)10-11-24(36)27(23)29(38)26(20)30(39)33(21,42)31(28)40;2*28-16-6-2-12(3-7-16)1-4-13-5-8-18(30)21-17(13)10-14-9-15-11-19(31)22(26(29)35)25(34)27(15,36)24(33)20(14)23(21)32;1-11-15-10-13-9-14-12(5-4-8-27(2)3)6-7-16(28)18(14)21(30)17(13)22(31)25(15,34)23(32)19(20(11)29)24(26)33/h1-11,20-21,35-36,38,40,42H,12-16H2,(H2,34,41);2*2-3,5-8,14-15,30,32,34,36H,9-11,28H2,(H2,29,35);6-7,11,13,15,28,30,32,34H,8-10H2,1-3H3,(H2,26,33)/t20-,21+,33+;2*14-,15+,27+;11-,13-,15-,25-/m1110/s1. The van der Waals surface area contributed by atoms with Crippen molar-refractivity contribution in [1.29, 1.82) is 0 Å². The van der Waals surface area contributed by atoms with Crippen LogP contribution in [0.2, 0.25) is 0 Å². The van der Waals surface area contributed by atoms with Crippen molar-refractivity contribution in [1.82, 2.24) is 10.2 Å². The van der Waals surface area contributed by atoms with E-state index in [-0.39, 0.29) is 138 Å². The number of ketones is 8. The lowest BCUT2D eigenvalue weighted by Gasteiger charge is -2.48. The van der Waals surface area contributed by atoms with Crippen LogP contribution in [0.3, 0.4) is 0 Å². The smallest absolute Gasteiger partial charge is 0.255 e. The van der Waals surface area contributed by atoms with Gasteiger partial charge in [0.05, 0.1) is 28.8 Å². The van der Waals surface area contributed by atoms with Gasteiger partial charge in [-0.1, -0.05) is 103 Å². The fraction of sp³-hybridized carbons (Fsp3) is 0.268. The monoisotopic (exact) mass is 2000 g/mol. The van der Waals surface area contributed by atoms with Gasteiger partial charge < -0.3 is 121 Å². The van der Waals surface area contributed by atoms with Gasteiger partial charge in [0.25, 0.3) is 23.6 Å². The lowest BCUT2D eigenvalue weighted by Crippen LogP contribution is -2.61. The lowest BCUT2D eigenvalue weighted by molar-refractivity contribution is -0.153. The second kappa shape index (κ2) is 38.6. The van der Waals surface area contributed by atoms with Crippen LogP contribution in [0.25, 0.3) is 34.2 Å². The van der Waals surface area contributed by atoms with Crippen molar-refractivity contribution in [3.8, 4) is 69.6 Å². The Bertz CT molecular complexity index is 7510. The van der Waals surface area contributed by atoms with Gasteiger partial charge in [-0.15, -0.1) is 0 Å². The van der Waals surface area contributed by atoms with Crippen molar-refractivity contribution >= 4 is 104 Å². The number of primary amides is 4. The van der Waals surface area contributed by atoms with Gasteiger partial charge >= 0.3 is 0 Å². The van der Waals surface area contributed by atoms with E-state index in [1.165, 1.54) is 36.8 Å². The normalized spacial score (nSPS) is 25.2. The van der Waals surface area contributed by atoms with Crippen molar-refractivity contribution < 1.29 is 139 Å². The average molecular weight is 2010 g/mol. The van der Waals surface area contributed by atoms with Gasteiger partial charge in [0, 0.05) is 123 Å². The van der Waals surface area contributed by atoms with Crippen molar-refractivity contribution in [3.05, 3.63) is 303 Å². The van der Waals surface area contributed by atoms with E-state index in [4.69, 9.17) is 34.4 Å². The van der Waals surface area contributed by atoms with Crippen LogP contribution in [0.15, 0.2) is 219 Å². The highest BCUT2D eigenvalue weighted by Crippen LogP contribution is 2.59. The summed E-state index contributed by atoms with van der Waals surface area (Å²) >= 11 is 0. The van der Waals surface area contributed by atoms with Crippen molar-refractivity contribution in [2.24, 2.45) is 76.2 Å². The Kier molecular flexibility index (Phi) is 26.6. The van der Waals surface area contributed by atoms with E-state index in [0.717, 1.165) is 23.2 Å². The number of carbonyl (C=O) groups is 12. The first kappa shape index (κ1) is 102. The second-order valence-electron chi connectivity index (χ2n) is 39.1. The average Bonchev–Trinajstić information content (AvgIpc) is 0.722. The van der Waals surface area contributed by atoms with E-state index < -0.39 is 214 Å². The number of aromatic hydroxyl groups is 4. The minimum atomic E-state index is -2.59. The number of nitrogen functional groups attached to an aromatic ring is 2. The maximum Gasteiger partial charge on any atom is 0.255 e. The zero-order valence-corrected chi connectivity index (χ0v) is 79.5. The topological polar surface area (TPSA) is 700 Å². The molecular formula is C112H100N8O28. The third kappa shape index (κ3) is 17.0. The highest BCUT2D eigenvalue weighted by Gasteiger charge is 2.66. The van der Waals surface area contributed by atoms with E-state index in [1.54, 1.807) is 72.8 Å². The van der Waals surface area contributed by atoms with Gasteiger partial charge in [-0.3, -0.25) is 62.4 Å². The summed E-state index contributed by atoms with van der Waals surface area (Å²) in [4.78, 5) is 153. The molecule has 0 aromatic heterocycles. The molecule has 0 bridgehead atoms. The number of fused-ring (bicyclic) bond motifs is 12. The first-order valence-corrected chi connectivity index (χ1v) is 47.1. The van der Waals surface area contributed by atoms with Gasteiger partial charge in [-0.25, -0.2) is 0 Å². The predicted molar refractivity (Wildman–Crippen MR) is 532 cm³/mol. The van der Waals surface area contributed by atoms with Gasteiger partial charge in [0.1, 0.15) is 91.4 Å². The molecule has 8 aromatic carbocycles. The number of nitrogens with two attached hydrogens (primary N) is 6. The van der Waals surface area contributed by atoms with Crippen LogP contribution in [-0.2, 0) is 96.3 Å².